The number of fused-ring (bicyclic) bond motifs is 1. The van der Waals surface area contributed by atoms with Crippen molar-refractivity contribution in [2.75, 3.05) is 31.2 Å². The molecular formula is C21H26N4O8S2. The number of non-ortho nitro benzene ring substituents is 1. The van der Waals surface area contributed by atoms with Crippen LogP contribution < -0.4 is 4.80 Å². The summed E-state index contributed by atoms with van der Waals surface area (Å²) in [4.78, 5) is 53.0. The number of carbonyl (C=O) groups is 3. The Bertz CT molecular complexity index is 1300. The molecule has 1 aliphatic rings. The highest BCUT2D eigenvalue weighted by Crippen LogP contribution is 2.23. The third kappa shape index (κ3) is 7.18. The molecule has 1 fully saturated rings. The minimum Gasteiger partial charge on any atom is -0.465 e. The first-order valence-electron chi connectivity index (χ1n) is 11.1. The normalized spacial score (nSPS) is 15.1. The van der Waals surface area contributed by atoms with Crippen molar-refractivity contribution < 1.29 is 32.5 Å². The molecule has 0 bridgehead atoms. The summed E-state index contributed by atoms with van der Waals surface area (Å²) in [6, 6.07) is 3.95. The number of likely N-dealkylation sites (tertiary alicyclic amines) is 1. The number of hydrogen-bond acceptors (Lipinski definition) is 9. The molecule has 1 aliphatic heterocycles. The number of hydrogen-bond donors (Lipinski definition) is 0. The third-order valence-electron chi connectivity index (χ3n) is 5.34. The monoisotopic (exact) mass is 526 g/mol. The molecule has 0 radical (unpaired) electrons. The van der Waals surface area contributed by atoms with E-state index >= 15 is 0 Å². The molecule has 0 aliphatic carbocycles. The van der Waals surface area contributed by atoms with Gasteiger partial charge in [-0.2, -0.15) is 4.99 Å². The predicted octanol–water partition coefficient (Wildman–Crippen LogP) is 1.42. The number of nitrogens with zero attached hydrogens (tertiary/aromatic N) is 4. The fourth-order valence-electron chi connectivity index (χ4n) is 3.73. The fourth-order valence-corrected chi connectivity index (χ4v) is 5.91. The van der Waals surface area contributed by atoms with E-state index in [1.807, 2.05) is 0 Å². The summed E-state index contributed by atoms with van der Waals surface area (Å²) in [6.07, 6.45) is 3.59. The van der Waals surface area contributed by atoms with Gasteiger partial charge in [0.15, 0.2) is 14.6 Å². The van der Waals surface area contributed by atoms with E-state index in [1.165, 1.54) is 27.7 Å². The lowest BCUT2D eigenvalue weighted by Gasteiger charge is -2.19. The molecule has 35 heavy (non-hydrogen) atoms. The van der Waals surface area contributed by atoms with Crippen LogP contribution in [0.5, 0.6) is 0 Å². The van der Waals surface area contributed by atoms with Gasteiger partial charge in [0.25, 0.3) is 11.6 Å². The number of rotatable bonds is 8. The number of nitro groups is 1. The highest BCUT2D eigenvalue weighted by atomic mass is 32.2. The average Bonchev–Trinajstić information content (AvgIpc) is 2.93. The Labute approximate surface area is 205 Å². The lowest BCUT2D eigenvalue weighted by molar-refractivity contribution is -0.384. The van der Waals surface area contributed by atoms with Gasteiger partial charge in [0.05, 0.1) is 21.7 Å². The number of benzene rings is 1. The Hall–Kier alpha value is -3.13. The fraction of sp³-hybridized carbons (Fsp3) is 0.524. The first kappa shape index (κ1) is 26.5. The second-order valence-corrected chi connectivity index (χ2v) is 11.1. The third-order valence-corrected chi connectivity index (χ3v) is 7.75. The zero-order valence-electron chi connectivity index (χ0n) is 19.2. The van der Waals surface area contributed by atoms with Gasteiger partial charge in [0.2, 0.25) is 5.91 Å². The maximum Gasteiger partial charge on any atom is 0.326 e. The summed E-state index contributed by atoms with van der Waals surface area (Å²) in [5.41, 5.74) is 0.217. The van der Waals surface area contributed by atoms with E-state index in [0.717, 1.165) is 37.0 Å². The Kier molecular flexibility index (Phi) is 8.72. The molecule has 14 heteroatoms. The van der Waals surface area contributed by atoms with Gasteiger partial charge in [0, 0.05) is 25.2 Å². The number of nitro benzene ring substituents is 1. The van der Waals surface area contributed by atoms with Crippen molar-refractivity contribution in [3.8, 4) is 0 Å². The topological polar surface area (TPSA) is 158 Å². The van der Waals surface area contributed by atoms with Gasteiger partial charge in [-0.1, -0.05) is 24.2 Å². The van der Waals surface area contributed by atoms with Crippen molar-refractivity contribution in [3.05, 3.63) is 33.1 Å². The van der Waals surface area contributed by atoms with E-state index in [4.69, 9.17) is 4.74 Å². The summed E-state index contributed by atoms with van der Waals surface area (Å²) in [5.74, 6) is -3.91. The van der Waals surface area contributed by atoms with Crippen molar-refractivity contribution in [1.82, 2.24) is 9.47 Å². The maximum absolute atomic E-state index is 12.6. The Morgan fingerprint density at radius 1 is 1.14 bits per heavy atom. The van der Waals surface area contributed by atoms with Crippen LogP contribution in [0, 0.1) is 10.1 Å². The van der Waals surface area contributed by atoms with Crippen LogP contribution in [0.3, 0.4) is 0 Å². The van der Waals surface area contributed by atoms with Crippen LogP contribution in [-0.4, -0.2) is 71.8 Å². The van der Waals surface area contributed by atoms with Crippen LogP contribution in [0.25, 0.3) is 10.2 Å². The second-order valence-electron chi connectivity index (χ2n) is 8.02. The molecule has 1 aromatic heterocycles. The minimum absolute atomic E-state index is 0.00686. The van der Waals surface area contributed by atoms with Crippen LogP contribution in [-0.2, 0) is 35.5 Å². The number of aromatic nitrogens is 1. The Morgan fingerprint density at radius 3 is 2.46 bits per heavy atom. The molecule has 190 valence electrons. The zero-order chi connectivity index (χ0) is 25.6. The second kappa shape index (κ2) is 11.5. The molecule has 2 aromatic rings. The summed E-state index contributed by atoms with van der Waals surface area (Å²) < 4.78 is 31.7. The van der Waals surface area contributed by atoms with E-state index in [1.54, 1.807) is 6.92 Å². The molecule has 1 saturated heterocycles. The molecule has 1 aromatic carbocycles. The van der Waals surface area contributed by atoms with E-state index in [2.05, 4.69) is 4.99 Å². The number of ether oxygens (including phenoxy) is 1. The van der Waals surface area contributed by atoms with Crippen molar-refractivity contribution in [2.45, 2.75) is 39.2 Å². The largest absolute Gasteiger partial charge is 0.465 e. The van der Waals surface area contributed by atoms with E-state index in [9.17, 15) is 32.9 Å². The molecule has 0 spiro atoms. The predicted molar refractivity (Wildman–Crippen MR) is 127 cm³/mol. The zero-order valence-corrected chi connectivity index (χ0v) is 20.8. The van der Waals surface area contributed by atoms with Crippen molar-refractivity contribution in [2.24, 2.45) is 4.99 Å². The van der Waals surface area contributed by atoms with Crippen molar-refractivity contribution >= 4 is 54.9 Å². The highest BCUT2D eigenvalue weighted by Gasteiger charge is 2.25. The summed E-state index contributed by atoms with van der Waals surface area (Å²) in [5, 5.41) is 11.1. The van der Waals surface area contributed by atoms with Crippen molar-refractivity contribution in [1.29, 1.82) is 0 Å². The minimum atomic E-state index is -4.07. The molecule has 2 heterocycles. The van der Waals surface area contributed by atoms with Crippen LogP contribution in [0.1, 0.15) is 32.6 Å². The van der Waals surface area contributed by atoms with E-state index in [0.29, 0.717) is 23.3 Å². The smallest absolute Gasteiger partial charge is 0.326 e. The average molecular weight is 527 g/mol. The first-order chi connectivity index (χ1) is 16.6. The van der Waals surface area contributed by atoms with E-state index in [-0.39, 0.29) is 23.6 Å². The number of esters is 1. The van der Waals surface area contributed by atoms with Gasteiger partial charge < -0.3 is 14.2 Å². The lowest BCUT2D eigenvalue weighted by atomic mass is 10.2. The standard InChI is InChI=1S/C21H26N4O8S2/c1-2-33-20(28)12-24-16-8-7-15(25(29)30)11-17(16)34-21(24)22-18(26)13-35(31,32)14-19(27)23-9-5-3-4-6-10-23/h7-8,11H,2-6,9-10,12-14H2,1H3. The molecule has 0 unspecified atom stereocenters. The van der Waals surface area contributed by atoms with Crippen LogP contribution in [0.15, 0.2) is 23.2 Å². The quantitative estimate of drug-likeness (QED) is 0.284. The maximum atomic E-state index is 12.6. The Balaban J connectivity index is 1.86. The van der Waals surface area contributed by atoms with E-state index < -0.39 is 44.0 Å². The van der Waals surface area contributed by atoms with Crippen LogP contribution in [0.4, 0.5) is 5.69 Å². The van der Waals surface area contributed by atoms with Gasteiger partial charge in [-0.15, -0.1) is 0 Å². The number of amides is 2. The molecule has 0 atom stereocenters. The van der Waals surface area contributed by atoms with Crippen LogP contribution in [0.2, 0.25) is 0 Å². The Morgan fingerprint density at radius 2 is 1.83 bits per heavy atom. The summed E-state index contributed by atoms with van der Waals surface area (Å²) in [6.45, 7) is 2.42. The molecule has 2 amide bonds. The molecule has 12 nitrogen and oxygen atoms in total. The molecule has 0 N–H and O–H groups in total. The summed E-state index contributed by atoms with van der Waals surface area (Å²) >= 11 is 0.902. The van der Waals surface area contributed by atoms with Gasteiger partial charge in [-0.3, -0.25) is 24.5 Å². The lowest BCUT2D eigenvalue weighted by Crippen LogP contribution is -2.37. The van der Waals surface area contributed by atoms with Gasteiger partial charge >= 0.3 is 5.97 Å². The van der Waals surface area contributed by atoms with Gasteiger partial charge in [0.1, 0.15) is 18.1 Å². The molecule has 3 rings (SSSR count). The molecular weight excluding hydrogens is 500 g/mol. The van der Waals surface area contributed by atoms with Crippen molar-refractivity contribution in [3.63, 3.8) is 0 Å². The van der Waals surface area contributed by atoms with Gasteiger partial charge in [-0.25, -0.2) is 8.42 Å². The number of carbonyl (C=O) groups excluding carboxylic acids is 3. The van der Waals surface area contributed by atoms with Crippen LogP contribution >= 0.6 is 11.3 Å². The first-order valence-corrected chi connectivity index (χ1v) is 13.7. The molecule has 0 saturated carbocycles. The SMILES string of the molecule is CCOC(=O)Cn1c(=NC(=O)CS(=O)(=O)CC(=O)N2CCCCCC2)sc2cc([N+](=O)[O-])ccc21. The number of sulfone groups is 1. The highest BCUT2D eigenvalue weighted by molar-refractivity contribution is 7.92. The number of thiazole rings is 1. The van der Waals surface area contributed by atoms with Gasteiger partial charge in [-0.05, 0) is 25.8 Å². The summed E-state index contributed by atoms with van der Waals surface area (Å²) in [7, 11) is -4.07.